The standard InChI is InChI=1S/C20H28N2O3S/c1-4-14-22(15-5-2)20(23)18-8-6-7-9-19(18)21-26(24,25)17-12-10-16(3)11-13-17/h4-5,10-13,18-19,21H,1-2,6-9,14-15H2,3H3/t18-,19+/m0/s1. The number of carbonyl (C=O) groups excluding carboxylic acids is 1. The van der Waals surface area contributed by atoms with E-state index in [0.29, 0.717) is 25.9 Å². The summed E-state index contributed by atoms with van der Waals surface area (Å²) in [6, 6.07) is 6.35. The van der Waals surface area contributed by atoms with Crippen molar-refractivity contribution in [3.8, 4) is 0 Å². The zero-order valence-corrected chi connectivity index (χ0v) is 16.2. The highest BCUT2D eigenvalue weighted by atomic mass is 32.2. The molecule has 1 aliphatic rings. The van der Waals surface area contributed by atoms with Crippen molar-refractivity contribution >= 4 is 15.9 Å². The molecular weight excluding hydrogens is 348 g/mol. The van der Waals surface area contributed by atoms with Gasteiger partial charge in [0.25, 0.3) is 0 Å². The molecule has 26 heavy (non-hydrogen) atoms. The SMILES string of the molecule is C=CCN(CC=C)C(=O)[C@H]1CCCC[C@H]1NS(=O)(=O)c1ccc(C)cc1. The van der Waals surface area contributed by atoms with Gasteiger partial charge >= 0.3 is 0 Å². The molecule has 0 bridgehead atoms. The summed E-state index contributed by atoms with van der Waals surface area (Å²) in [6.07, 6.45) is 6.54. The van der Waals surface area contributed by atoms with Gasteiger partial charge in [-0.15, -0.1) is 13.2 Å². The van der Waals surface area contributed by atoms with Gasteiger partial charge in [0, 0.05) is 19.1 Å². The van der Waals surface area contributed by atoms with Crippen LogP contribution in [0.5, 0.6) is 0 Å². The van der Waals surface area contributed by atoms with Gasteiger partial charge in [-0.3, -0.25) is 4.79 Å². The minimum Gasteiger partial charge on any atom is -0.335 e. The molecule has 142 valence electrons. The van der Waals surface area contributed by atoms with Gasteiger partial charge < -0.3 is 4.90 Å². The average molecular weight is 377 g/mol. The van der Waals surface area contributed by atoms with E-state index < -0.39 is 10.0 Å². The van der Waals surface area contributed by atoms with Crippen LogP contribution in [0.1, 0.15) is 31.2 Å². The number of carbonyl (C=O) groups is 1. The third-order valence-electron chi connectivity index (χ3n) is 4.73. The van der Waals surface area contributed by atoms with Crippen molar-refractivity contribution in [3.05, 3.63) is 55.1 Å². The lowest BCUT2D eigenvalue weighted by Gasteiger charge is -2.34. The largest absolute Gasteiger partial charge is 0.335 e. The Morgan fingerprint density at radius 1 is 1.15 bits per heavy atom. The van der Waals surface area contributed by atoms with Crippen LogP contribution in [0.25, 0.3) is 0 Å². The predicted octanol–water partition coefficient (Wildman–Crippen LogP) is 3.03. The smallest absolute Gasteiger partial charge is 0.240 e. The Morgan fingerprint density at radius 2 is 1.73 bits per heavy atom. The number of amides is 1. The van der Waals surface area contributed by atoms with Crippen LogP contribution in [0.2, 0.25) is 0 Å². The van der Waals surface area contributed by atoms with Crippen LogP contribution in [-0.2, 0) is 14.8 Å². The topological polar surface area (TPSA) is 66.5 Å². The molecule has 1 aromatic carbocycles. The third-order valence-corrected chi connectivity index (χ3v) is 6.24. The number of hydrogen-bond acceptors (Lipinski definition) is 3. The number of sulfonamides is 1. The summed E-state index contributed by atoms with van der Waals surface area (Å²) in [5.41, 5.74) is 0.999. The number of benzene rings is 1. The summed E-state index contributed by atoms with van der Waals surface area (Å²) in [6.45, 7) is 10.2. The molecule has 0 aliphatic heterocycles. The molecule has 1 saturated carbocycles. The summed E-state index contributed by atoms with van der Waals surface area (Å²) >= 11 is 0. The average Bonchev–Trinajstić information content (AvgIpc) is 2.61. The first-order valence-electron chi connectivity index (χ1n) is 8.98. The maximum atomic E-state index is 13.0. The van der Waals surface area contributed by atoms with E-state index in [0.717, 1.165) is 18.4 Å². The van der Waals surface area contributed by atoms with Crippen LogP contribution in [0.4, 0.5) is 0 Å². The predicted molar refractivity (Wildman–Crippen MR) is 104 cm³/mol. The second-order valence-corrected chi connectivity index (χ2v) is 8.47. The Balaban J connectivity index is 2.19. The van der Waals surface area contributed by atoms with Gasteiger partial charge in [0.15, 0.2) is 0 Å². The van der Waals surface area contributed by atoms with Crippen molar-refractivity contribution in [1.82, 2.24) is 9.62 Å². The lowest BCUT2D eigenvalue weighted by molar-refractivity contribution is -0.136. The molecule has 1 amide bonds. The summed E-state index contributed by atoms with van der Waals surface area (Å²) < 4.78 is 28.2. The molecule has 1 aliphatic carbocycles. The van der Waals surface area contributed by atoms with Crippen LogP contribution in [-0.4, -0.2) is 38.4 Å². The molecule has 0 radical (unpaired) electrons. The Bertz CT molecular complexity index is 731. The van der Waals surface area contributed by atoms with Gasteiger partial charge in [-0.05, 0) is 31.9 Å². The van der Waals surface area contributed by atoms with E-state index in [-0.39, 0.29) is 22.8 Å². The van der Waals surface area contributed by atoms with E-state index in [1.54, 1.807) is 41.3 Å². The van der Waals surface area contributed by atoms with Crippen LogP contribution in [0.3, 0.4) is 0 Å². The molecule has 0 saturated heterocycles. The minimum absolute atomic E-state index is 0.0406. The third kappa shape index (κ3) is 5.05. The van der Waals surface area contributed by atoms with Gasteiger partial charge in [-0.25, -0.2) is 13.1 Å². The molecule has 0 heterocycles. The summed E-state index contributed by atoms with van der Waals surface area (Å²) in [5.74, 6) is -0.398. The monoisotopic (exact) mass is 376 g/mol. The van der Waals surface area contributed by atoms with E-state index in [9.17, 15) is 13.2 Å². The molecular formula is C20H28N2O3S. The van der Waals surface area contributed by atoms with Crippen molar-refractivity contribution in [2.75, 3.05) is 13.1 Å². The normalized spacial score (nSPS) is 20.3. The maximum Gasteiger partial charge on any atom is 0.240 e. The second kappa shape index (κ2) is 9.14. The summed E-state index contributed by atoms with van der Waals surface area (Å²) in [4.78, 5) is 14.9. The molecule has 2 atom stereocenters. The first-order valence-corrected chi connectivity index (χ1v) is 10.5. The summed E-state index contributed by atoms with van der Waals surface area (Å²) in [7, 11) is -3.65. The Kier molecular flexibility index (Phi) is 7.17. The number of rotatable bonds is 8. The lowest BCUT2D eigenvalue weighted by Crippen LogP contribution is -2.49. The molecule has 2 rings (SSSR count). The molecule has 5 nitrogen and oxygen atoms in total. The highest BCUT2D eigenvalue weighted by Crippen LogP contribution is 2.28. The van der Waals surface area contributed by atoms with Crippen LogP contribution in [0.15, 0.2) is 54.5 Å². The first kappa shape index (κ1) is 20.4. The van der Waals surface area contributed by atoms with E-state index in [4.69, 9.17) is 0 Å². The molecule has 1 N–H and O–H groups in total. The fourth-order valence-corrected chi connectivity index (χ4v) is 4.66. The van der Waals surface area contributed by atoms with Gasteiger partial charge in [-0.1, -0.05) is 42.7 Å². The van der Waals surface area contributed by atoms with Gasteiger partial charge in [0.1, 0.15) is 0 Å². The van der Waals surface area contributed by atoms with Crippen molar-refractivity contribution in [1.29, 1.82) is 0 Å². The highest BCUT2D eigenvalue weighted by Gasteiger charge is 2.35. The quantitative estimate of drug-likeness (QED) is 0.709. The lowest BCUT2D eigenvalue weighted by atomic mass is 9.84. The van der Waals surface area contributed by atoms with Crippen molar-refractivity contribution in [2.45, 2.75) is 43.5 Å². The van der Waals surface area contributed by atoms with E-state index >= 15 is 0 Å². The van der Waals surface area contributed by atoms with Crippen LogP contribution >= 0.6 is 0 Å². The fourth-order valence-electron chi connectivity index (χ4n) is 3.35. The van der Waals surface area contributed by atoms with Crippen LogP contribution < -0.4 is 4.72 Å². The molecule has 0 unspecified atom stereocenters. The second-order valence-electron chi connectivity index (χ2n) is 6.75. The van der Waals surface area contributed by atoms with Crippen molar-refractivity contribution in [2.24, 2.45) is 5.92 Å². The zero-order valence-electron chi connectivity index (χ0n) is 15.4. The molecule has 6 heteroatoms. The Morgan fingerprint density at radius 3 is 2.31 bits per heavy atom. The van der Waals surface area contributed by atoms with Gasteiger partial charge in [-0.2, -0.15) is 0 Å². The number of aryl methyl sites for hydroxylation is 1. The van der Waals surface area contributed by atoms with Crippen molar-refractivity contribution < 1.29 is 13.2 Å². The van der Waals surface area contributed by atoms with Gasteiger partial charge in [0.05, 0.1) is 10.8 Å². The van der Waals surface area contributed by atoms with E-state index in [1.807, 2.05) is 6.92 Å². The first-order chi connectivity index (χ1) is 12.4. The van der Waals surface area contributed by atoms with E-state index in [2.05, 4.69) is 17.9 Å². The van der Waals surface area contributed by atoms with Crippen LogP contribution in [0, 0.1) is 12.8 Å². The molecule has 0 aromatic heterocycles. The number of hydrogen-bond donors (Lipinski definition) is 1. The number of nitrogens with one attached hydrogen (secondary N) is 1. The minimum atomic E-state index is -3.65. The zero-order chi connectivity index (χ0) is 19.2. The van der Waals surface area contributed by atoms with E-state index in [1.165, 1.54) is 0 Å². The molecule has 1 fully saturated rings. The Hall–Kier alpha value is -1.92. The van der Waals surface area contributed by atoms with Gasteiger partial charge in [0.2, 0.25) is 15.9 Å². The summed E-state index contributed by atoms with van der Waals surface area (Å²) in [5, 5.41) is 0. The highest BCUT2D eigenvalue weighted by molar-refractivity contribution is 7.89. The molecule has 1 aromatic rings. The maximum absolute atomic E-state index is 13.0. The Labute approximate surface area is 156 Å². The number of nitrogens with zero attached hydrogens (tertiary/aromatic N) is 1. The fraction of sp³-hybridized carbons (Fsp3) is 0.450. The van der Waals surface area contributed by atoms with Crippen molar-refractivity contribution in [3.63, 3.8) is 0 Å². The molecule has 0 spiro atoms.